The third-order valence-corrected chi connectivity index (χ3v) is 5.18. The van der Waals surface area contributed by atoms with Crippen molar-refractivity contribution in [3.63, 3.8) is 0 Å². The number of halogens is 2. The van der Waals surface area contributed by atoms with Gasteiger partial charge in [0.1, 0.15) is 0 Å². The van der Waals surface area contributed by atoms with Gasteiger partial charge in [-0.15, -0.1) is 0 Å². The molecule has 0 bridgehead atoms. The van der Waals surface area contributed by atoms with E-state index in [4.69, 9.17) is 0 Å². The summed E-state index contributed by atoms with van der Waals surface area (Å²) in [5, 5.41) is 3.09. The van der Waals surface area contributed by atoms with E-state index in [1.807, 2.05) is 18.2 Å². The summed E-state index contributed by atoms with van der Waals surface area (Å²) in [5.41, 5.74) is 0.683. The van der Waals surface area contributed by atoms with Gasteiger partial charge in [-0.1, -0.05) is 29.8 Å². The lowest BCUT2D eigenvalue weighted by molar-refractivity contribution is 0.0926. The van der Waals surface area contributed by atoms with Gasteiger partial charge in [-0.25, -0.2) is 0 Å². The van der Waals surface area contributed by atoms with E-state index in [2.05, 4.69) is 55.9 Å². The molecule has 1 heterocycles. The number of hydrogen-bond donors (Lipinski definition) is 1. The molecule has 1 saturated heterocycles. The number of carbonyl (C=O) groups excluding carboxylic acids is 1. The highest BCUT2D eigenvalue weighted by Crippen LogP contribution is 2.22. The average Bonchev–Trinajstić information content (AvgIpc) is 2.92. The Kier molecular flexibility index (Phi) is 6.26. The van der Waals surface area contributed by atoms with Gasteiger partial charge in [0.15, 0.2) is 0 Å². The average molecular weight is 418 g/mol. The van der Waals surface area contributed by atoms with Crippen molar-refractivity contribution in [3.05, 3.63) is 32.7 Å². The maximum atomic E-state index is 12.3. The topological polar surface area (TPSA) is 32.3 Å². The van der Waals surface area contributed by atoms with Gasteiger partial charge < -0.3 is 5.32 Å². The predicted octanol–water partition coefficient (Wildman–Crippen LogP) is 4.06. The zero-order valence-electron chi connectivity index (χ0n) is 12.5. The predicted molar refractivity (Wildman–Crippen MR) is 93.6 cm³/mol. The molecule has 1 amide bonds. The van der Waals surface area contributed by atoms with Gasteiger partial charge in [-0.05, 0) is 66.0 Å². The molecular formula is C16H22Br2N2O. The molecule has 0 aliphatic carbocycles. The Balaban J connectivity index is 1.98. The quantitative estimate of drug-likeness (QED) is 0.783. The molecule has 0 saturated carbocycles. The van der Waals surface area contributed by atoms with Crippen molar-refractivity contribution in [1.29, 1.82) is 0 Å². The second kappa shape index (κ2) is 7.75. The minimum absolute atomic E-state index is 0.0146. The number of rotatable bonds is 5. The first-order valence-corrected chi connectivity index (χ1v) is 9.05. The highest BCUT2D eigenvalue weighted by molar-refractivity contribution is 9.11. The van der Waals surface area contributed by atoms with Gasteiger partial charge in [0.2, 0.25) is 0 Å². The van der Waals surface area contributed by atoms with Crippen molar-refractivity contribution in [3.8, 4) is 0 Å². The molecule has 0 spiro atoms. The fourth-order valence-corrected chi connectivity index (χ4v) is 4.05. The number of carbonyl (C=O) groups is 1. The molecule has 21 heavy (non-hydrogen) atoms. The van der Waals surface area contributed by atoms with E-state index in [9.17, 15) is 4.79 Å². The van der Waals surface area contributed by atoms with Crippen LogP contribution >= 0.6 is 31.9 Å². The summed E-state index contributed by atoms with van der Waals surface area (Å²) in [7, 11) is 0. The maximum Gasteiger partial charge on any atom is 0.252 e. The summed E-state index contributed by atoms with van der Waals surface area (Å²) in [5.74, 6) is 0.524. The van der Waals surface area contributed by atoms with Crippen LogP contribution in [0.5, 0.6) is 0 Å². The molecular weight excluding hydrogens is 396 g/mol. The van der Waals surface area contributed by atoms with Crippen LogP contribution in [-0.4, -0.2) is 36.5 Å². The van der Waals surface area contributed by atoms with E-state index >= 15 is 0 Å². The minimum atomic E-state index is -0.0146. The molecule has 1 aromatic carbocycles. The fraction of sp³-hybridized carbons (Fsp3) is 0.562. The molecule has 1 aromatic rings. The molecule has 1 atom stereocenters. The van der Waals surface area contributed by atoms with Crippen molar-refractivity contribution in [1.82, 2.24) is 10.2 Å². The lowest BCUT2D eigenvalue weighted by Gasteiger charge is -2.31. The highest BCUT2D eigenvalue weighted by atomic mass is 79.9. The normalized spacial score (nSPS) is 17.2. The summed E-state index contributed by atoms with van der Waals surface area (Å²) in [4.78, 5) is 14.8. The monoisotopic (exact) mass is 416 g/mol. The first-order chi connectivity index (χ1) is 9.99. The molecule has 3 nitrogen and oxygen atoms in total. The van der Waals surface area contributed by atoms with Crippen LogP contribution in [0.15, 0.2) is 27.1 Å². The molecule has 1 aliphatic rings. The summed E-state index contributed by atoms with van der Waals surface area (Å²) < 4.78 is 1.78. The van der Waals surface area contributed by atoms with Crippen molar-refractivity contribution >= 4 is 37.8 Å². The van der Waals surface area contributed by atoms with Gasteiger partial charge in [0.25, 0.3) is 5.91 Å². The zero-order chi connectivity index (χ0) is 15.4. The lowest BCUT2D eigenvalue weighted by Crippen LogP contribution is -2.45. The van der Waals surface area contributed by atoms with E-state index in [0.717, 1.165) is 22.0 Å². The molecule has 1 N–H and O–H groups in total. The molecule has 1 unspecified atom stereocenters. The van der Waals surface area contributed by atoms with Crippen molar-refractivity contribution in [2.24, 2.45) is 5.92 Å². The van der Waals surface area contributed by atoms with Gasteiger partial charge >= 0.3 is 0 Å². The third-order valence-electron chi connectivity index (χ3n) is 4.03. The Morgan fingerprint density at radius 1 is 1.29 bits per heavy atom. The van der Waals surface area contributed by atoms with Crippen LogP contribution < -0.4 is 5.32 Å². The number of amides is 1. The summed E-state index contributed by atoms with van der Waals surface area (Å²) in [6, 6.07) is 6.05. The third kappa shape index (κ3) is 4.54. The van der Waals surface area contributed by atoms with Crippen LogP contribution in [0.1, 0.15) is 37.0 Å². The minimum Gasteiger partial charge on any atom is -0.350 e. The first-order valence-electron chi connectivity index (χ1n) is 7.46. The summed E-state index contributed by atoms with van der Waals surface area (Å²) >= 11 is 6.85. The standard InChI is InChI=1S/C16H22Br2N2O/c1-11(2)15(20-7-3-4-8-20)10-19-16(21)13-6-5-12(17)9-14(13)18/h5-6,9,11,15H,3-4,7-8,10H2,1-2H3,(H,19,21). The Morgan fingerprint density at radius 3 is 2.52 bits per heavy atom. The van der Waals surface area contributed by atoms with Gasteiger partial charge in [-0.3, -0.25) is 9.69 Å². The maximum absolute atomic E-state index is 12.3. The number of likely N-dealkylation sites (tertiary alicyclic amines) is 1. The number of benzene rings is 1. The Morgan fingerprint density at radius 2 is 1.95 bits per heavy atom. The Hall–Kier alpha value is -0.390. The fourth-order valence-electron chi connectivity index (χ4n) is 2.83. The van der Waals surface area contributed by atoms with Crippen LogP contribution in [0.25, 0.3) is 0 Å². The Bertz CT molecular complexity index is 499. The number of hydrogen-bond acceptors (Lipinski definition) is 2. The van der Waals surface area contributed by atoms with Crippen LogP contribution in [-0.2, 0) is 0 Å². The smallest absolute Gasteiger partial charge is 0.252 e. The molecule has 1 aliphatic heterocycles. The molecule has 1 fully saturated rings. The largest absolute Gasteiger partial charge is 0.350 e. The van der Waals surface area contributed by atoms with Crippen LogP contribution in [0.3, 0.4) is 0 Å². The number of nitrogens with zero attached hydrogens (tertiary/aromatic N) is 1. The second-order valence-corrected chi connectivity index (χ2v) is 7.66. The van der Waals surface area contributed by atoms with Crippen LogP contribution in [0.4, 0.5) is 0 Å². The van der Waals surface area contributed by atoms with Gasteiger partial charge in [-0.2, -0.15) is 0 Å². The summed E-state index contributed by atoms with van der Waals surface area (Å²) in [6.45, 7) is 7.47. The molecule has 0 aromatic heterocycles. The van der Waals surface area contributed by atoms with Crippen molar-refractivity contribution in [2.75, 3.05) is 19.6 Å². The van der Waals surface area contributed by atoms with E-state index in [1.54, 1.807) is 0 Å². The van der Waals surface area contributed by atoms with Gasteiger partial charge in [0.05, 0.1) is 5.56 Å². The molecule has 116 valence electrons. The molecule has 2 rings (SSSR count). The molecule has 0 radical (unpaired) electrons. The Labute approximate surface area is 143 Å². The van der Waals surface area contributed by atoms with E-state index in [-0.39, 0.29) is 5.91 Å². The second-order valence-electron chi connectivity index (χ2n) is 5.89. The highest BCUT2D eigenvalue weighted by Gasteiger charge is 2.25. The van der Waals surface area contributed by atoms with E-state index < -0.39 is 0 Å². The van der Waals surface area contributed by atoms with Crippen molar-refractivity contribution in [2.45, 2.75) is 32.7 Å². The van der Waals surface area contributed by atoms with Gasteiger partial charge in [0, 0.05) is 21.5 Å². The SMILES string of the molecule is CC(C)C(CNC(=O)c1ccc(Br)cc1Br)N1CCCC1. The molecule has 5 heteroatoms. The summed E-state index contributed by atoms with van der Waals surface area (Å²) in [6.07, 6.45) is 2.55. The van der Waals surface area contributed by atoms with E-state index in [1.165, 1.54) is 12.8 Å². The van der Waals surface area contributed by atoms with Crippen LogP contribution in [0, 0.1) is 5.92 Å². The van der Waals surface area contributed by atoms with Crippen LogP contribution in [0.2, 0.25) is 0 Å². The van der Waals surface area contributed by atoms with Crippen molar-refractivity contribution < 1.29 is 4.79 Å². The van der Waals surface area contributed by atoms with E-state index in [0.29, 0.717) is 24.1 Å². The lowest BCUT2D eigenvalue weighted by atomic mass is 10.0. The first kappa shape index (κ1) is 17.0. The number of nitrogens with one attached hydrogen (secondary N) is 1. The zero-order valence-corrected chi connectivity index (χ0v) is 15.7.